The van der Waals surface area contributed by atoms with Gasteiger partial charge in [0.25, 0.3) is 0 Å². The fourth-order valence-electron chi connectivity index (χ4n) is 1.65. The summed E-state index contributed by atoms with van der Waals surface area (Å²) in [5.41, 5.74) is 6.34. The van der Waals surface area contributed by atoms with Crippen LogP contribution in [0.1, 0.15) is 12.0 Å². The van der Waals surface area contributed by atoms with E-state index in [-0.39, 0.29) is 12.5 Å². The number of benzene rings is 1. The Hall–Kier alpha value is -1.73. The highest BCUT2D eigenvalue weighted by atomic mass is 32.2. The molecule has 0 aromatic heterocycles. The molecule has 1 aromatic carbocycles. The minimum atomic E-state index is -0.727. The van der Waals surface area contributed by atoms with E-state index in [1.807, 2.05) is 6.26 Å². The molecule has 0 aliphatic rings. The maximum Gasteiger partial charge on any atom is 0.312 e. The monoisotopic (exact) mass is 297 g/mol. The van der Waals surface area contributed by atoms with Gasteiger partial charge >= 0.3 is 6.03 Å². The molecule has 20 heavy (non-hydrogen) atoms. The quantitative estimate of drug-likeness (QED) is 0.600. The molecule has 0 radical (unpaired) electrons. The lowest BCUT2D eigenvalue weighted by Crippen LogP contribution is -2.46. The number of carbonyl (C=O) groups is 2. The summed E-state index contributed by atoms with van der Waals surface area (Å²) in [5, 5.41) is 14.2. The van der Waals surface area contributed by atoms with Crippen LogP contribution in [0.2, 0.25) is 0 Å². The number of aliphatic hydroxyl groups is 1. The molecule has 0 aliphatic heterocycles. The number of nitrogens with two attached hydrogens (primary N) is 1. The molecule has 1 rings (SSSR count). The summed E-state index contributed by atoms with van der Waals surface area (Å²) in [6, 6.07) is 5.48. The zero-order valence-corrected chi connectivity index (χ0v) is 12.1. The highest BCUT2D eigenvalue weighted by molar-refractivity contribution is 7.98. The zero-order chi connectivity index (χ0) is 15.0. The van der Waals surface area contributed by atoms with Crippen molar-refractivity contribution in [2.45, 2.75) is 19.1 Å². The van der Waals surface area contributed by atoms with E-state index in [1.54, 1.807) is 36.0 Å². The van der Waals surface area contributed by atoms with Crippen molar-refractivity contribution in [2.75, 3.05) is 17.3 Å². The second-order valence-corrected chi connectivity index (χ2v) is 5.18. The van der Waals surface area contributed by atoms with Crippen LogP contribution < -0.4 is 16.4 Å². The lowest BCUT2D eigenvalue weighted by atomic mass is 10.2. The van der Waals surface area contributed by atoms with Gasteiger partial charge in [-0.1, -0.05) is 12.1 Å². The number of carbonyl (C=O) groups excluding carboxylic acids is 2. The Morgan fingerprint density at radius 1 is 1.45 bits per heavy atom. The molecule has 3 amide bonds. The first-order valence-corrected chi connectivity index (χ1v) is 7.51. The minimum absolute atomic E-state index is 0.0981. The van der Waals surface area contributed by atoms with Gasteiger partial charge in [-0.3, -0.25) is 4.79 Å². The Morgan fingerprint density at radius 2 is 2.20 bits per heavy atom. The number of hydrogen-bond acceptors (Lipinski definition) is 4. The fraction of sp³-hybridized carbons (Fsp3) is 0.385. The van der Waals surface area contributed by atoms with E-state index in [9.17, 15) is 9.59 Å². The molecular formula is C13H19N3O3S. The topological polar surface area (TPSA) is 104 Å². The first-order valence-electron chi connectivity index (χ1n) is 6.12. The molecule has 7 heteroatoms. The highest BCUT2D eigenvalue weighted by Gasteiger charge is 2.19. The molecule has 0 heterocycles. The third-order valence-corrected chi connectivity index (χ3v) is 3.26. The number of aliphatic hydroxyl groups excluding tert-OH is 1. The number of anilines is 1. The van der Waals surface area contributed by atoms with E-state index < -0.39 is 12.1 Å². The first kappa shape index (κ1) is 16.3. The van der Waals surface area contributed by atoms with Gasteiger partial charge in [-0.25, -0.2) is 4.79 Å². The van der Waals surface area contributed by atoms with Crippen LogP contribution in [0.15, 0.2) is 24.3 Å². The maximum atomic E-state index is 12.1. The third kappa shape index (κ3) is 5.50. The predicted molar refractivity (Wildman–Crippen MR) is 80.5 cm³/mol. The average molecular weight is 297 g/mol. The summed E-state index contributed by atoms with van der Waals surface area (Å²) in [4.78, 5) is 23.0. The van der Waals surface area contributed by atoms with Gasteiger partial charge in [0.05, 0.1) is 6.61 Å². The van der Waals surface area contributed by atoms with Crippen LogP contribution in [0.4, 0.5) is 10.5 Å². The lowest BCUT2D eigenvalue weighted by molar-refractivity contribution is -0.117. The lowest BCUT2D eigenvalue weighted by Gasteiger charge is -2.17. The maximum absolute atomic E-state index is 12.1. The van der Waals surface area contributed by atoms with Crippen LogP contribution in [0.25, 0.3) is 0 Å². The summed E-state index contributed by atoms with van der Waals surface area (Å²) >= 11 is 1.58. The van der Waals surface area contributed by atoms with Gasteiger partial charge in [0.15, 0.2) is 0 Å². The fourth-order valence-corrected chi connectivity index (χ4v) is 2.12. The predicted octanol–water partition coefficient (Wildman–Crippen LogP) is 0.907. The van der Waals surface area contributed by atoms with Gasteiger partial charge < -0.3 is 21.5 Å². The summed E-state index contributed by atoms with van der Waals surface area (Å²) in [6.45, 7) is -0.0981. The van der Waals surface area contributed by atoms with Crippen LogP contribution >= 0.6 is 11.8 Å². The van der Waals surface area contributed by atoms with Gasteiger partial charge in [-0.15, -0.1) is 0 Å². The molecule has 1 unspecified atom stereocenters. The number of amides is 3. The summed E-state index contributed by atoms with van der Waals surface area (Å²) in [5.74, 6) is 0.405. The van der Waals surface area contributed by atoms with Crippen molar-refractivity contribution in [1.82, 2.24) is 5.32 Å². The van der Waals surface area contributed by atoms with Gasteiger partial charge in [-0.2, -0.15) is 11.8 Å². The molecule has 110 valence electrons. The summed E-state index contributed by atoms with van der Waals surface area (Å²) < 4.78 is 0. The molecule has 5 N–H and O–H groups in total. The van der Waals surface area contributed by atoms with E-state index >= 15 is 0 Å². The summed E-state index contributed by atoms with van der Waals surface area (Å²) in [7, 11) is 0. The Balaban J connectivity index is 2.70. The van der Waals surface area contributed by atoms with Crippen molar-refractivity contribution in [3.8, 4) is 0 Å². The third-order valence-electron chi connectivity index (χ3n) is 2.62. The van der Waals surface area contributed by atoms with E-state index in [0.717, 1.165) is 5.75 Å². The Kier molecular flexibility index (Phi) is 6.89. The molecule has 0 saturated heterocycles. The largest absolute Gasteiger partial charge is 0.392 e. The van der Waals surface area contributed by atoms with Gasteiger partial charge in [0.2, 0.25) is 5.91 Å². The van der Waals surface area contributed by atoms with Gasteiger partial charge in [0, 0.05) is 5.69 Å². The van der Waals surface area contributed by atoms with Gasteiger partial charge in [-0.05, 0) is 36.1 Å². The van der Waals surface area contributed by atoms with Crippen molar-refractivity contribution < 1.29 is 14.7 Å². The molecule has 6 nitrogen and oxygen atoms in total. The van der Waals surface area contributed by atoms with Crippen LogP contribution in [-0.2, 0) is 11.4 Å². The number of hydrogen-bond donors (Lipinski definition) is 4. The van der Waals surface area contributed by atoms with Crippen molar-refractivity contribution in [3.05, 3.63) is 29.8 Å². The average Bonchev–Trinajstić information content (AvgIpc) is 2.43. The first-order chi connectivity index (χ1) is 9.56. The van der Waals surface area contributed by atoms with Crippen LogP contribution in [0.5, 0.6) is 0 Å². The number of rotatable bonds is 7. The van der Waals surface area contributed by atoms with Crippen molar-refractivity contribution in [3.63, 3.8) is 0 Å². The van der Waals surface area contributed by atoms with Crippen LogP contribution in [0, 0.1) is 0 Å². The minimum Gasteiger partial charge on any atom is -0.392 e. The van der Waals surface area contributed by atoms with Crippen LogP contribution in [0.3, 0.4) is 0 Å². The van der Waals surface area contributed by atoms with Gasteiger partial charge in [0.1, 0.15) is 6.04 Å². The zero-order valence-electron chi connectivity index (χ0n) is 11.3. The number of primary amides is 1. The summed E-state index contributed by atoms with van der Waals surface area (Å²) in [6.07, 6.45) is 2.42. The number of urea groups is 1. The normalized spacial score (nSPS) is 11.7. The highest BCUT2D eigenvalue weighted by Crippen LogP contribution is 2.12. The number of thioether (sulfide) groups is 1. The second kappa shape index (κ2) is 8.44. The smallest absolute Gasteiger partial charge is 0.312 e. The molecule has 1 aromatic rings. The molecule has 0 spiro atoms. The molecule has 1 atom stereocenters. The van der Waals surface area contributed by atoms with Crippen molar-refractivity contribution >= 4 is 29.4 Å². The Morgan fingerprint density at radius 3 is 2.80 bits per heavy atom. The molecule has 0 fully saturated rings. The Labute approximate surface area is 122 Å². The SMILES string of the molecule is CSCCC(NC(N)=O)C(=O)Nc1cccc(CO)c1. The standard InChI is InChI=1S/C13H19N3O3S/c1-20-6-5-11(16-13(14)19)12(18)15-10-4-2-3-9(7-10)8-17/h2-4,7,11,17H,5-6,8H2,1H3,(H,15,18)(H3,14,16,19). The van der Waals surface area contributed by atoms with E-state index in [4.69, 9.17) is 10.8 Å². The second-order valence-electron chi connectivity index (χ2n) is 4.19. The van der Waals surface area contributed by atoms with Crippen molar-refractivity contribution in [2.24, 2.45) is 5.73 Å². The van der Waals surface area contributed by atoms with Crippen molar-refractivity contribution in [1.29, 1.82) is 0 Å². The van der Waals surface area contributed by atoms with E-state index in [2.05, 4.69) is 10.6 Å². The molecule has 0 bridgehead atoms. The molecular weight excluding hydrogens is 278 g/mol. The van der Waals surface area contributed by atoms with Crippen LogP contribution in [-0.4, -0.2) is 35.1 Å². The van der Waals surface area contributed by atoms with E-state index in [0.29, 0.717) is 17.7 Å². The number of nitrogens with one attached hydrogen (secondary N) is 2. The molecule has 0 aliphatic carbocycles. The Bertz CT molecular complexity index is 468. The molecule has 0 saturated carbocycles. The van der Waals surface area contributed by atoms with E-state index in [1.165, 1.54) is 0 Å².